The Bertz CT molecular complexity index is 901. The molecule has 0 bridgehead atoms. The van der Waals surface area contributed by atoms with E-state index in [1.165, 1.54) is 11.8 Å². The summed E-state index contributed by atoms with van der Waals surface area (Å²) < 4.78 is 13.1. The van der Waals surface area contributed by atoms with E-state index in [4.69, 9.17) is 4.74 Å². The fraction of sp³-hybridized carbons (Fsp3) is 0.133. The predicted octanol–water partition coefficient (Wildman–Crippen LogP) is 3.94. The van der Waals surface area contributed by atoms with Gasteiger partial charge in [-0.15, -0.1) is 11.8 Å². The molecule has 128 valence electrons. The third-order valence-corrected chi connectivity index (χ3v) is 4.69. The Morgan fingerprint density at radius 2 is 2.04 bits per heavy atom. The SMILES string of the molecule is O=C(Nc1ccccc1)OCCSc1ccc2nsnc2c1[N+](=O)[O-]. The molecule has 1 N–H and O–H groups in total. The van der Waals surface area contributed by atoms with Crippen molar-refractivity contribution in [3.8, 4) is 0 Å². The highest BCUT2D eigenvalue weighted by Crippen LogP contribution is 2.34. The summed E-state index contributed by atoms with van der Waals surface area (Å²) in [6.45, 7) is 0.119. The molecule has 1 amide bonds. The van der Waals surface area contributed by atoms with Gasteiger partial charge in [0.1, 0.15) is 12.1 Å². The number of amides is 1. The number of anilines is 1. The van der Waals surface area contributed by atoms with Gasteiger partial charge in [-0.2, -0.15) is 8.75 Å². The number of aromatic nitrogens is 2. The Labute approximate surface area is 150 Å². The van der Waals surface area contributed by atoms with Gasteiger partial charge in [0.25, 0.3) is 0 Å². The van der Waals surface area contributed by atoms with Crippen molar-refractivity contribution >= 4 is 52.0 Å². The van der Waals surface area contributed by atoms with Crippen LogP contribution >= 0.6 is 23.5 Å². The van der Waals surface area contributed by atoms with Gasteiger partial charge < -0.3 is 4.74 Å². The van der Waals surface area contributed by atoms with Crippen molar-refractivity contribution in [1.82, 2.24) is 8.75 Å². The average molecular weight is 376 g/mol. The van der Waals surface area contributed by atoms with E-state index in [1.54, 1.807) is 36.4 Å². The van der Waals surface area contributed by atoms with E-state index in [1.807, 2.05) is 6.07 Å². The minimum Gasteiger partial charge on any atom is -0.448 e. The second kappa shape index (κ2) is 7.90. The molecule has 0 aliphatic heterocycles. The number of hydrogen-bond donors (Lipinski definition) is 1. The summed E-state index contributed by atoms with van der Waals surface area (Å²) in [5.41, 5.74) is 1.35. The molecule has 0 spiro atoms. The Balaban J connectivity index is 1.55. The van der Waals surface area contributed by atoms with E-state index >= 15 is 0 Å². The molecule has 0 aliphatic carbocycles. The Kier molecular flexibility index (Phi) is 5.41. The number of fused-ring (bicyclic) bond motifs is 1. The van der Waals surface area contributed by atoms with Crippen molar-refractivity contribution in [1.29, 1.82) is 0 Å². The molecule has 1 aromatic heterocycles. The summed E-state index contributed by atoms with van der Waals surface area (Å²) in [6.07, 6.45) is -0.569. The number of thioether (sulfide) groups is 1. The third kappa shape index (κ3) is 4.22. The van der Waals surface area contributed by atoms with Gasteiger partial charge in [0.05, 0.1) is 21.5 Å². The first-order valence-electron chi connectivity index (χ1n) is 7.16. The lowest BCUT2D eigenvalue weighted by Gasteiger charge is -2.07. The maximum absolute atomic E-state index is 11.7. The van der Waals surface area contributed by atoms with E-state index in [9.17, 15) is 14.9 Å². The van der Waals surface area contributed by atoms with Gasteiger partial charge in [-0.1, -0.05) is 18.2 Å². The second-order valence-corrected chi connectivity index (χ2v) is 6.44. The first-order valence-corrected chi connectivity index (χ1v) is 8.88. The largest absolute Gasteiger partial charge is 0.448 e. The molecule has 0 radical (unpaired) electrons. The number of carbonyl (C=O) groups is 1. The van der Waals surface area contributed by atoms with E-state index in [0.717, 1.165) is 11.7 Å². The lowest BCUT2D eigenvalue weighted by molar-refractivity contribution is -0.386. The molecule has 25 heavy (non-hydrogen) atoms. The fourth-order valence-corrected chi connectivity index (χ4v) is 3.47. The molecule has 1 heterocycles. The lowest BCUT2D eigenvalue weighted by atomic mass is 10.3. The molecular formula is C15H12N4O4S2. The number of ether oxygens (including phenoxy) is 1. The Morgan fingerprint density at radius 1 is 1.24 bits per heavy atom. The molecule has 3 rings (SSSR count). The van der Waals surface area contributed by atoms with Crippen LogP contribution in [-0.4, -0.2) is 32.1 Å². The first-order chi connectivity index (χ1) is 12.1. The summed E-state index contributed by atoms with van der Waals surface area (Å²) in [5.74, 6) is 0.381. The minimum atomic E-state index is -0.569. The van der Waals surface area contributed by atoms with Gasteiger partial charge in [-0.3, -0.25) is 15.4 Å². The maximum atomic E-state index is 11.7. The first kappa shape index (κ1) is 17.1. The van der Waals surface area contributed by atoms with Crippen LogP contribution in [0.4, 0.5) is 16.2 Å². The number of benzene rings is 2. The van der Waals surface area contributed by atoms with Crippen molar-refractivity contribution in [2.45, 2.75) is 4.90 Å². The molecule has 0 aliphatic rings. The number of carbonyl (C=O) groups excluding carboxylic acids is 1. The van der Waals surface area contributed by atoms with E-state index in [0.29, 0.717) is 21.9 Å². The summed E-state index contributed by atoms with van der Waals surface area (Å²) in [5, 5.41) is 13.9. The summed E-state index contributed by atoms with van der Waals surface area (Å²) in [6, 6.07) is 12.3. The normalized spacial score (nSPS) is 10.6. The molecule has 0 saturated carbocycles. The number of nitrogens with one attached hydrogen (secondary N) is 1. The van der Waals surface area contributed by atoms with E-state index in [-0.39, 0.29) is 17.8 Å². The van der Waals surface area contributed by atoms with Crippen LogP contribution in [0, 0.1) is 10.1 Å². The van der Waals surface area contributed by atoms with Gasteiger partial charge in [-0.05, 0) is 24.3 Å². The van der Waals surface area contributed by atoms with Crippen LogP contribution in [0.1, 0.15) is 0 Å². The monoisotopic (exact) mass is 376 g/mol. The molecule has 0 fully saturated rings. The molecule has 10 heteroatoms. The van der Waals surface area contributed by atoms with Crippen LogP contribution in [0.25, 0.3) is 11.0 Å². The minimum absolute atomic E-state index is 0.0648. The molecule has 0 unspecified atom stereocenters. The number of nitro benzene ring substituents is 1. The van der Waals surface area contributed by atoms with Crippen LogP contribution in [0.3, 0.4) is 0 Å². The third-order valence-electron chi connectivity index (χ3n) is 3.14. The van der Waals surface area contributed by atoms with Gasteiger partial charge in [0.2, 0.25) is 0 Å². The van der Waals surface area contributed by atoms with Crippen molar-refractivity contribution in [3.05, 3.63) is 52.6 Å². The average Bonchev–Trinajstić information content (AvgIpc) is 3.07. The van der Waals surface area contributed by atoms with Crippen LogP contribution in [0.5, 0.6) is 0 Å². The number of hydrogen-bond acceptors (Lipinski definition) is 8. The van der Waals surface area contributed by atoms with Crippen molar-refractivity contribution in [3.63, 3.8) is 0 Å². The zero-order valence-electron chi connectivity index (χ0n) is 12.7. The lowest BCUT2D eigenvalue weighted by Crippen LogP contribution is -2.15. The van der Waals surface area contributed by atoms with Crippen molar-refractivity contribution in [2.24, 2.45) is 0 Å². The second-order valence-electron chi connectivity index (χ2n) is 4.78. The highest BCUT2D eigenvalue weighted by atomic mass is 32.2. The number of para-hydroxylation sites is 1. The molecule has 8 nitrogen and oxygen atoms in total. The quantitative estimate of drug-likeness (QED) is 0.300. The predicted molar refractivity (Wildman–Crippen MR) is 96.2 cm³/mol. The zero-order chi connectivity index (χ0) is 17.6. The number of nitrogens with zero attached hydrogens (tertiary/aromatic N) is 3. The molecule has 3 aromatic rings. The Hall–Kier alpha value is -2.72. The summed E-state index contributed by atoms with van der Waals surface area (Å²) >= 11 is 2.17. The van der Waals surface area contributed by atoms with E-state index < -0.39 is 11.0 Å². The summed E-state index contributed by atoms with van der Waals surface area (Å²) in [7, 11) is 0. The van der Waals surface area contributed by atoms with Gasteiger partial charge in [-0.25, -0.2) is 4.79 Å². The molecule has 2 aromatic carbocycles. The summed E-state index contributed by atoms with van der Waals surface area (Å²) in [4.78, 5) is 23.0. The highest BCUT2D eigenvalue weighted by Gasteiger charge is 2.21. The Morgan fingerprint density at radius 3 is 2.80 bits per heavy atom. The van der Waals surface area contributed by atoms with Crippen molar-refractivity contribution < 1.29 is 14.5 Å². The van der Waals surface area contributed by atoms with Crippen molar-refractivity contribution in [2.75, 3.05) is 17.7 Å². The highest BCUT2D eigenvalue weighted by molar-refractivity contribution is 7.99. The number of rotatable bonds is 6. The topological polar surface area (TPSA) is 107 Å². The van der Waals surface area contributed by atoms with Crippen LogP contribution in [0.15, 0.2) is 47.4 Å². The standard InChI is InChI=1S/C15H12N4O4S2/c20-15(16-10-4-2-1-3-5-10)23-8-9-24-12-7-6-11-13(18-25-17-11)14(12)19(21)22/h1-7H,8-9H2,(H,16,20). The van der Waals surface area contributed by atoms with Crippen LogP contribution in [-0.2, 0) is 4.74 Å². The van der Waals surface area contributed by atoms with Gasteiger partial charge >= 0.3 is 11.8 Å². The van der Waals surface area contributed by atoms with Gasteiger partial charge in [0, 0.05) is 11.4 Å². The van der Waals surface area contributed by atoms with Crippen LogP contribution < -0.4 is 5.32 Å². The molecule has 0 atom stereocenters. The number of nitro groups is 1. The van der Waals surface area contributed by atoms with Crippen LogP contribution in [0.2, 0.25) is 0 Å². The molecular weight excluding hydrogens is 364 g/mol. The van der Waals surface area contributed by atoms with E-state index in [2.05, 4.69) is 14.1 Å². The maximum Gasteiger partial charge on any atom is 0.411 e. The van der Waals surface area contributed by atoms with Gasteiger partial charge in [0.15, 0.2) is 5.52 Å². The smallest absolute Gasteiger partial charge is 0.411 e. The fourth-order valence-electron chi connectivity index (χ4n) is 2.07. The molecule has 0 saturated heterocycles. The zero-order valence-corrected chi connectivity index (χ0v) is 14.4.